The lowest BCUT2D eigenvalue weighted by Crippen LogP contribution is -2.58. The van der Waals surface area contributed by atoms with Crippen LogP contribution in [0.2, 0.25) is 0 Å². The average molecular weight is 539 g/mol. The summed E-state index contributed by atoms with van der Waals surface area (Å²) in [6.45, 7) is -0.698. The van der Waals surface area contributed by atoms with Crippen LogP contribution < -0.4 is 38.9 Å². The van der Waals surface area contributed by atoms with E-state index in [1.54, 1.807) is 0 Å². The van der Waals surface area contributed by atoms with Gasteiger partial charge in [0.2, 0.25) is 23.6 Å². The summed E-state index contributed by atoms with van der Waals surface area (Å²) >= 11 is 0. The molecule has 210 valence electrons. The van der Waals surface area contributed by atoms with Crippen molar-refractivity contribution >= 4 is 35.6 Å². The molecule has 0 saturated carbocycles. The van der Waals surface area contributed by atoms with Crippen LogP contribution >= 0.6 is 0 Å². The maximum Gasteiger partial charge on any atom is 0.328 e. The van der Waals surface area contributed by atoms with Crippen LogP contribution in [0.1, 0.15) is 24.8 Å². The topological polar surface area (TPSA) is 299 Å². The van der Waals surface area contributed by atoms with Gasteiger partial charge in [-0.2, -0.15) is 0 Å². The van der Waals surface area contributed by atoms with Crippen molar-refractivity contribution in [3.63, 3.8) is 0 Å². The summed E-state index contributed by atoms with van der Waals surface area (Å²) in [5.74, 6) is -5.33. The minimum atomic E-state index is -1.65. The minimum absolute atomic E-state index is 0.0520. The van der Waals surface area contributed by atoms with Crippen LogP contribution in [0.15, 0.2) is 29.3 Å². The average Bonchev–Trinajstić information content (AvgIpc) is 2.84. The highest BCUT2D eigenvalue weighted by Gasteiger charge is 2.31. The number of nitrogens with zero attached hydrogens (tertiary/aromatic N) is 1. The zero-order valence-electron chi connectivity index (χ0n) is 20.5. The number of primary amides is 1. The van der Waals surface area contributed by atoms with Gasteiger partial charge in [-0.1, -0.05) is 12.1 Å². The summed E-state index contributed by atoms with van der Waals surface area (Å²) in [6.07, 6.45) is -0.293. The smallest absolute Gasteiger partial charge is 0.328 e. The summed E-state index contributed by atoms with van der Waals surface area (Å²) in [5.41, 5.74) is 22.0. The molecule has 0 spiro atoms. The van der Waals surface area contributed by atoms with Crippen molar-refractivity contribution in [2.45, 2.75) is 49.9 Å². The summed E-state index contributed by atoms with van der Waals surface area (Å²) in [4.78, 5) is 64.9. The third kappa shape index (κ3) is 11.5. The Kier molecular flexibility index (Phi) is 13.0. The first-order valence-electron chi connectivity index (χ1n) is 11.5. The van der Waals surface area contributed by atoms with Gasteiger partial charge in [-0.15, -0.1) is 0 Å². The number of carbonyl (C=O) groups is 5. The zero-order valence-corrected chi connectivity index (χ0v) is 20.5. The summed E-state index contributed by atoms with van der Waals surface area (Å²) in [6, 6.07) is -0.0362. The van der Waals surface area contributed by atoms with Crippen molar-refractivity contribution < 1.29 is 39.3 Å². The van der Waals surface area contributed by atoms with Crippen molar-refractivity contribution in [2.75, 3.05) is 13.2 Å². The van der Waals surface area contributed by atoms with Gasteiger partial charge in [-0.3, -0.25) is 24.2 Å². The third-order valence-electron chi connectivity index (χ3n) is 5.15. The van der Waals surface area contributed by atoms with Crippen molar-refractivity contribution in [1.29, 1.82) is 0 Å². The second-order valence-corrected chi connectivity index (χ2v) is 8.30. The Morgan fingerprint density at radius 3 is 1.95 bits per heavy atom. The number of rotatable bonds is 16. The molecule has 0 fully saturated rings. The molecule has 38 heavy (non-hydrogen) atoms. The normalized spacial score (nSPS) is 13.7. The molecule has 1 aromatic carbocycles. The standard InChI is InChI=1S/C22H34N8O8/c23-13(2-1-7-27-22(25)26)18(34)28-15(9-17(24)33)20(36)29-14(8-11-3-5-12(32)6-4-11)19(35)30-16(10-31)21(37)38/h3-6,13-16,31-32H,1-2,7-10,23H2,(H2,24,33)(H,28,34)(H,29,36)(H,30,35)(H,37,38)(H4,25,26,27). The fourth-order valence-electron chi connectivity index (χ4n) is 3.15. The molecular weight excluding hydrogens is 504 g/mol. The number of aliphatic hydroxyl groups is 1. The molecule has 0 aliphatic carbocycles. The maximum absolute atomic E-state index is 13.0. The van der Waals surface area contributed by atoms with Crippen LogP contribution in [-0.4, -0.2) is 88.2 Å². The minimum Gasteiger partial charge on any atom is -0.508 e. The van der Waals surface area contributed by atoms with Crippen molar-refractivity contribution in [3.05, 3.63) is 29.8 Å². The number of hydrogen-bond acceptors (Lipinski definition) is 9. The predicted octanol–water partition coefficient (Wildman–Crippen LogP) is -4.28. The molecule has 0 aliphatic heterocycles. The number of aliphatic hydroxyl groups excluding tert-OH is 1. The number of guanidine groups is 1. The molecule has 4 amide bonds. The lowest BCUT2D eigenvalue weighted by Gasteiger charge is -2.24. The van der Waals surface area contributed by atoms with Crippen LogP contribution in [0.5, 0.6) is 5.75 Å². The van der Waals surface area contributed by atoms with Gasteiger partial charge in [0.15, 0.2) is 5.96 Å². The fraction of sp³-hybridized carbons (Fsp3) is 0.455. The quantitative estimate of drug-likeness (QED) is 0.0545. The Balaban J connectivity index is 3.04. The first-order chi connectivity index (χ1) is 17.8. The van der Waals surface area contributed by atoms with Gasteiger partial charge in [0.05, 0.1) is 19.1 Å². The van der Waals surface area contributed by atoms with Crippen LogP contribution in [0.3, 0.4) is 0 Å². The molecule has 0 saturated heterocycles. The SMILES string of the molecule is NC(=O)CC(NC(=O)C(N)CCCN=C(N)N)C(=O)NC(Cc1ccc(O)cc1)C(=O)NC(CO)C(=O)O. The lowest BCUT2D eigenvalue weighted by molar-refractivity contribution is -0.143. The molecule has 4 unspecified atom stereocenters. The highest BCUT2D eigenvalue weighted by atomic mass is 16.4. The molecule has 0 aliphatic rings. The van der Waals surface area contributed by atoms with Crippen LogP contribution in [0.4, 0.5) is 0 Å². The molecule has 1 aromatic rings. The first kappa shape index (κ1) is 31.6. The lowest BCUT2D eigenvalue weighted by atomic mass is 10.0. The van der Waals surface area contributed by atoms with E-state index in [9.17, 15) is 34.2 Å². The van der Waals surface area contributed by atoms with Gasteiger partial charge in [-0.05, 0) is 30.5 Å². The number of benzene rings is 1. The number of carbonyl (C=O) groups excluding carboxylic acids is 4. The Morgan fingerprint density at radius 1 is 0.868 bits per heavy atom. The number of hydrogen-bond donors (Lipinski definition) is 10. The number of aliphatic imine (C=N–C) groups is 1. The van der Waals surface area contributed by atoms with E-state index in [0.717, 1.165) is 0 Å². The van der Waals surface area contributed by atoms with Crippen molar-refractivity contribution in [2.24, 2.45) is 27.9 Å². The molecule has 16 heteroatoms. The highest BCUT2D eigenvalue weighted by Crippen LogP contribution is 2.12. The van der Waals surface area contributed by atoms with Gasteiger partial charge in [0.25, 0.3) is 0 Å². The summed E-state index contributed by atoms with van der Waals surface area (Å²) in [7, 11) is 0. The fourth-order valence-corrected chi connectivity index (χ4v) is 3.15. The van der Waals surface area contributed by atoms with E-state index in [1.165, 1.54) is 24.3 Å². The number of carboxylic acid groups (broad SMARTS) is 1. The molecule has 0 radical (unpaired) electrons. The van der Waals surface area contributed by atoms with E-state index in [0.29, 0.717) is 12.0 Å². The maximum atomic E-state index is 13.0. The summed E-state index contributed by atoms with van der Waals surface area (Å²) in [5, 5.41) is 34.6. The Hall–Kier alpha value is -4.44. The molecule has 0 bridgehead atoms. The molecule has 0 aromatic heterocycles. The molecule has 0 heterocycles. The highest BCUT2D eigenvalue weighted by molar-refractivity contribution is 5.96. The second-order valence-electron chi connectivity index (χ2n) is 8.30. The van der Waals surface area contributed by atoms with Crippen LogP contribution in [-0.2, 0) is 30.4 Å². The van der Waals surface area contributed by atoms with E-state index in [2.05, 4.69) is 20.9 Å². The van der Waals surface area contributed by atoms with Gasteiger partial charge >= 0.3 is 5.97 Å². The second kappa shape index (κ2) is 15.6. The van der Waals surface area contributed by atoms with Gasteiger partial charge in [-0.25, -0.2) is 4.79 Å². The number of nitrogens with one attached hydrogen (secondary N) is 3. The van der Waals surface area contributed by atoms with Gasteiger partial charge in [0.1, 0.15) is 23.9 Å². The zero-order chi connectivity index (χ0) is 28.8. The van der Waals surface area contributed by atoms with E-state index < -0.39 is 66.8 Å². The van der Waals surface area contributed by atoms with Crippen molar-refractivity contribution in [1.82, 2.24) is 16.0 Å². The molecular formula is C22H34N8O8. The van der Waals surface area contributed by atoms with Gasteiger partial charge < -0.3 is 54.2 Å². The van der Waals surface area contributed by atoms with Crippen molar-refractivity contribution in [3.8, 4) is 5.75 Å². The Bertz CT molecular complexity index is 1010. The first-order valence-corrected chi connectivity index (χ1v) is 11.5. The Morgan fingerprint density at radius 2 is 1.42 bits per heavy atom. The third-order valence-corrected chi connectivity index (χ3v) is 5.15. The molecule has 16 nitrogen and oxygen atoms in total. The van der Waals surface area contributed by atoms with Crippen LogP contribution in [0.25, 0.3) is 0 Å². The molecule has 4 atom stereocenters. The van der Waals surface area contributed by atoms with Crippen LogP contribution in [0, 0.1) is 0 Å². The van der Waals surface area contributed by atoms with E-state index in [1.807, 2.05) is 0 Å². The predicted molar refractivity (Wildman–Crippen MR) is 134 cm³/mol. The van der Waals surface area contributed by atoms with E-state index >= 15 is 0 Å². The number of phenols is 1. The number of aromatic hydroxyl groups is 1. The molecule has 14 N–H and O–H groups in total. The molecule has 1 rings (SSSR count). The van der Waals surface area contributed by atoms with Gasteiger partial charge in [0, 0.05) is 13.0 Å². The van der Waals surface area contributed by atoms with E-state index in [-0.39, 0.29) is 31.1 Å². The number of aliphatic carboxylic acids is 1. The largest absolute Gasteiger partial charge is 0.508 e. The number of amides is 4. The number of nitrogens with two attached hydrogens (primary N) is 4. The van der Waals surface area contributed by atoms with E-state index in [4.69, 9.17) is 28.0 Å². The monoisotopic (exact) mass is 538 g/mol. The summed E-state index contributed by atoms with van der Waals surface area (Å²) < 4.78 is 0. The number of carboxylic acids is 1. The number of phenolic OH excluding ortho intramolecular Hbond substituents is 1. The Labute approximate surface area is 217 Å².